The first-order valence-corrected chi connectivity index (χ1v) is 9.39. The average Bonchev–Trinajstić information content (AvgIpc) is 3.06. The molecule has 2 aromatic carbocycles. The molecule has 0 fully saturated rings. The van der Waals surface area contributed by atoms with E-state index in [0.29, 0.717) is 16.7 Å². The average molecular weight is 467 g/mol. The summed E-state index contributed by atoms with van der Waals surface area (Å²) in [4.78, 5) is 12.1. The lowest BCUT2D eigenvalue weighted by molar-refractivity contribution is -0.113. The SMILES string of the molecule is Cc1ccc(I)cc1NC(=O)CSc1nnc(-c2ccc(O)cc2)o1. The maximum atomic E-state index is 12.1. The van der Waals surface area contributed by atoms with Crippen LogP contribution in [-0.2, 0) is 4.79 Å². The van der Waals surface area contributed by atoms with Crippen LogP contribution in [0.4, 0.5) is 5.69 Å². The van der Waals surface area contributed by atoms with Gasteiger partial charge in [-0.3, -0.25) is 4.79 Å². The molecule has 0 bridgehead atoms. The van der Waals surface area contributed by atoms with Crippen LogP contribution in [0.3, 0.4) is 0 Å². The largest absolute Gasteiger partial charge is 0.508 e. The number of aromatic hydroxyl groups is 1. The van der Waals surface area contributed by atoms with Gasteiger partial charge < -0.3 is 14.8 Å². The summed E-state index contributed by atoms with van der Waals surface area (Å²) < 4.78 is 6.59. The number of carbonyl (C=O) groups is 1. The number of halogens is 1. The summed E-state index contributed by atoms with van der Waals surface area (Å²) in [6.07, 6.45) is 0. The number of nitrogens with one attached hydrogen (secondary N) is 1. The van der Waals surface area contributed by atoms with Crippen LogP contribution in [0.2, 0.25) is 0 Å². The highest BCUT2D eigenvalue weighted by Crippen LogP contribution is 2.25. The van der Waals surface area contributed by atoms with E-state index in [2.05, 4.69) is 38.1 Å². The smallest absolute Gasteiger partial charge is 0.277 e. The van der Waals surface area contributed by atoms with Crippen molar-refractivity contribution in [3.63, 3.8) is 0 Å². The van der Waals surface area contributed by atoms with E-state index in [0.717, 1.165) is 14.8 Å². The number of aryl methyl sites for hydroxylation is 1. The number of anilines is 1. The first-order chi connectivity index (χ1) is 12.0. The molecule has 2 N–H and O–H groups in total. The van der Waals surface area contributed by atoms with Crippen LogP contribution in [0, 0.1) is 10.5 Å². The van der Waals surface area contributed by atoms with Gasteiger partial charge in [0.1, 0.15) is 5.75 Å². The number of amides is 1. The summed E-state index contributed by atoms with van der Waals surface area (Å²) in [6, 6.07) is 12.3. The van der Waals surface area contributed by atoms with E-state index < -0.39 is 0 Å². The van der Waals surface area contributed by atoms with Crippen molar-refractivity contribution >= 4 is 45.9 Å². The summed E-state index contributed by atoms with van der Waals surface area (Å²) in [5.74, 6) is 0.540. The van der Waals surface area contributed by atoms with Crippen LogP contribution >= 0.6 is 34.4 Å². The van der Waals surface area contributed by atoms with Crippen LogP contribution in [0.1, 0.15) is 5.56 Å². The molecule has 0 radical (unpaired) electrons. The Hall–Kier alpha value is -2.07. The fraction of sp³-hybridized carbons (Fsp3) is 0.118. The molecule has 1 heterocycles. The Morgan fingerprint density at radius 1 is 1.24 bits per heavy atom. The molecule has 0 saturated carbocycles. The highest BCUT2D eigenvalue weighted by atomic mass is 127. The Morgan fingerprint density at radius 3 is 2.76 bits per heavy atom. The molecule has 0 aliphatic rings. The van der Waals surface area contributed by atoms with Gasteiger partial charge in [0.15, 0.2) is 0 Å². The van der Waals surface area contributed by atoms with E-state index in [1.165, 1.54) is 11.8 Å². The number of hydrogen-bond acceptors (Lipinski definition) is 6. The zero-order valence-corrected chi connectivity index (χ0v) is 16.2. The predicted molar refractivity (Wildman–Crippen MR) is 105 cm³/mol. The van der Waals surface area contributed by atoms with Crippen LogP contribution < -0.4 is 5.32 Å². The number of thioether (sulfide) groups is 1. The van der Waals surface area contributed by atoms with Gasteiger partial charge in [-0.25, -0.2) is 0 Å². The number of phenols is 1. The van der Waals surface area contributed by atoms with Gasteiger partial charge in [0.2, 0.25) is 11.8 Å². The highest BCUT2D eigenvalue weighted by molar-refractivity contribution is 14.1. The zero-order chi connectivity index (χ0) is 17.8. The third-order valence-electron chi connectivity index (χ3n) is 3.32. The van der Waals surface area contributed by atoms with E-state index in [-0.39, 0.29) is 17.4 Å². The molecule has 0 atom stereocenters. The second kappa shape index (κ2) is 7.87. The highest BCUT2D eigenvalue weighted by Gasteiger charge is 2.12. The normalized spacial score (nSPS) is 10.6. The van der Waals surface area contributed by atoms with Gasteiger partial charge >= 0.3 is 0 Å². The van der Waals surface area contributed by atoms with Crippen LogP contribution in [0.25, 0.3) is 11.5 Å². The number of rotatable bonds is 5. The monoisotopic (exact) mass is 467 g/mol. The fourth-order valence-electron chi connectivity index (χ4n) is 2.03. The van der Waals surface area contributed by atoms with Crippen LogP contribution in [0.15, 0.2) is 52.1 Å². The predicted octanol–water partition coefficient (Wildman–Crippen LogP) is 4.09. The fourth-order valence-corrected chi connectivity index (χ4v) is 3.09. The standard InChI is InChI=1S/C17H14IN3O3S/c1-10-2-5-12(18)8-14(10)19-15(23)9-25-17-21-20-16(24-17)11-3-6-13(22)7-4-11/h2-8,22H,9H2,1H3,(H,19,23). The summed E-state index contributed by atoms with van der Waals surface area (Å²) >= 11 is 3.38. The molecule has 25 heavy (non-hydrogen) atoms. The molecule has 0 aliphatic carbocycles. The lowest BCUT2D eigenvalue weighted by Gasteiger charge is -2.08. The van der Waals surface area contributed by atoms with E-state index in [4.69, 9.17) is 4.42 Å². The molecule has 3 aromatic rings. The minimum Gasteiger partial charge on any atom is -0.508 e. The van der Waals surface area contributed by atoms with Crippen molar-refractivity contribution in [2.75, 3.05) is 11.1 Å². The van der Waals surface area contributed by atoms with Crippen molar-refractivity contribution in [2.45, 2.75) is 12.1 Å². The molecule has 0 aliphatic heterocycles. The van der Waals surface area contributed by atoms with Crippen molar-refractivity contribution in [3.05, 3.63) is 51.6 Å². The molecule has 128 valence electrons. The van der Waals surface area contributed by atoms with E-state index in [1.54, 1.807) is 24.3 Å². The van der Waals surface area contributed by atoms with Gasteiger partial charge in [0.25, 0.3) is 5.22 Å². The molecular formula is C17H14IN3O3S. The van der Waals surface area contributed by atoms with Crippen molar-refractivity contribution in [3.8, 4) is 17.2 Å². The second-order valence-electron chi connectivity index (χ2n) is 5.22. The first-order valence-electron chi connectivity index (χ1n) is 7.33. The third-order valence-corrected chi connectivity index (χ3v) is 4.81. The molecule has 1 amide bonds. The quantitative estimate of drug-likeness (QED) is 0.434. The summed E-state index contributed by atoms with van der Waals surface area (Å²) in [5.41, 5.74) is 2.51. The minimum atomic E-state index is -0.139. The number of carbonyl (C=O) groups excluding carboxylic acids is 1. The molecule has 0 saturated heterocycles. The number of benzene rings is 2. The van der Waals surface area contributed by atoms with Crippen LogP contribution in [-0.4, -0.2) is 27.0 Å². The maximum absolute atomic E-state index is 12.1. The first kappa shape index (κ1) is 17.7. The molecule has 0 unspecified atom stereocenters. The zero-order valence-electron chi connectivity index (χ0n) is 13.2. The van der Waals surface area contributed by atoms with Crippen LogP contribution in [0.5, 0.6) is 5.75 Å². The van der Waals surface area contributed by atoms with E-state index >= 15 is 0 Å². The van der Waals surface area contributed by atoms with Gasteiger partial charge in [-0.2, -0.15) is 0 Å². The molecular weight excluding hydrogens is 453 g/mol. The maximum Gasteiger partial charge on any atom is 0.277 e. The lowest BCUT2D eigenvalue weighted by atomic mass is 10.2. The Labute approximate surface area is 162 Å². The van der Waals surface area contributed by atoms with Crippen molar-refractivity contribution in [1.29, 1.82) is 0 Å². The molecule has 8 heteroatoms. The number of nitrogens with zero attached hydrogens (tertiary/aromatic N) is 2. The van der Waals surface area contributed by atoms with Gasteiger partial charge in [-0.1, -0.05) is 17.8 Å². The van der Waals surface area contributed by atoms with E-state index in [1.807, 2.05) is 25.1 Å². The number of phenolic OH excluding ortho intramolecular Hbond substituents is 1. The molecule has 1 aromatic heterocycles. The third kappa shape index (κ3) is 4.73. The molecule has 3 rings (SSSR count). The van der Waals surface area contributed by atoms with Crippen molar-refractivity contribution in [1.82, 2.24) is 10.2 Å². The lowest BCUT2D eigenvalue weighted by Crippen LogP contribution is -2.14. The number of hydrogen-bond donors (Lipinski definition) is 2. The van der Waals surface area contributed by atoms with Crippen molar-refractivity contribution < 1.29 is 14.3 Å². The van der Waals surface area contributed by atoms with Crippen molar-refractivity contribution in [2.24, 2.45) is 0 Å². The Kier molecular flexibility index (Phi) is 5.59. The Morgan fingerprint density at radius 2 is 2.00 bits per heavy atom. The topological polar surface area (TPSA) is 88.2 Å². The summed E-state index contributed by atoms with van der Waals surface area (Å²) in [7, 11) is 0. The summed E-state index contributed by atoms with van der Waals surface area (Å²) in [5, 5.41) is 20.4. The molecule has 0 spiro atoms. The second-order valence-corrected chi connectivity index (χ2v) is 7.39. The summed E-state index contributed by atoms with van der Waals surface area (Å²) in [6.45, 7) is 1.95. The van der Waals surface area contributed by atoms with Gasteiger partial charge in [-0.05, 0) is 71.5 Å². The Balaban J connectivity index is 1.59. The van der Waals surface area contributed by atoms with Gasteiger partial charge in [-0.15, -0.1) is 10.2 Å². The molecule has 6 nitrogen and oxygen atoms in total. The number of aromatic nitrogens is 2. The van der Waals surface area contributed by atoms with Gasteiger partial charge in [0, 0.05) is 14.8 Å². The van der Waals surface area contributed by atoms with Gasteiger partial charge in [0.05, 0.1) is 5.75 Å². The Bertz CT molecular complexity index is 896. The minimum absolute atomic E-state index is 0.139. The van der Waals surface area contributed by atoms with E-state index in [9.17, 15) is 9.90 Å².